The Morgan fingerprint density at radius 1 is 0.977 bits per heavy atom. The molecule has 1 aliphatic carbocycles. The largest absolute Gasteiger partial charge is 0.508 e. The Bertz CT molecular complexity index is 1470. The number of benzene rings is 3. The molecule has 0 aliphatic heterocycles. The van der Waals surface area contributed by atoms with E-state index >= 15 is 0 Å². The maximum Gasteiger partial charge on any atom is 0.408 e. The number of rotatable bonds is 9. The van der Waals surface area contributed by atoms with Crippen LogP contribution in [0.15, 0.2) is 60.7 Å². The number of anilines is 1. The number of hydrogen-bond donors (Lipinski definition) is 3. The molecule has 0 aromatic heterocycles. The zero-order valence-corrected chi connectivity index (χ0v) is 26.3. The van der Waals surface area contributed by atoms with Crippen molar-refractivity contribution in [1.82, 2.24) is 10.2 Å². The number of ether oxygens (including phenoxy) is 1. The summed E-state index contributed by atoms with van der Waals surface area (Å²) in [4.78, 5) is 43.5. The van der Waals surface area contributed by atoms with Crippen LogP contribution in [0.5, 0.6) is 5.75 Å². The fourth-order valence-corrected chi connectivity index (χ4v) is 5.31. The van der Waals surface area contributed by atoms with Gasteiger partial charge in [-0.25, -0.2) is 4.79 Å². The third kappa shape index (κ3) is 8.08. The van der Waals surface area contributed by atoms with Crippen molar-refractivity contribution in [2.75, 3.05) is 5.32 Å². The summed E-state index contributed by atoms with van der Waals surface area (Å²) >= 11 is 6.49. The average Bonchev–Trinajstić information content (AvgIpc) is 3.76. The van der Waals surface area contributed by atoms with E-state index in [2.05, 4.69) is 10.6 Å². The molecule has 3 amide bonds. The number of para-hydroxylation sites is 1. The molecule has 1 fully saturated rings. The molecule has 3 N–H and O–H groups in total. The van der Waals surface area contributed by atoms with Crippen LogP contribution in [0, 0.1) is 20.8 Å². The second kappa shape index (κ2) is 13.1. The first-order valence-corrected chi connectivity index (χ1v) is 14.8. The number of aryl methyl sites for hydroxylation is 2. The number of alkyl carbamates (subject to hydrolysis) is 1. The molecule has 0 radical (unpaired) electrons. The summed E-state index contributed by atoms with van der Waals surface area (Å²) in [6.45, 7) is 11.0. The highest BCUT2D eigenvalue weighted by Gasteiger charge is 2.44. The number of halogens is 1. The lowest BCUT2D eigenvalue weighted by Crippen LogP contribution is -2.54. The van der Waals surface area contributed by atoms with Crippen LogP contribution in [-0.2, 0) is 20.7 Å². The summed E-state index contributed by atoms with van der Waals surface area (Å²) in [5.74, 6) is -0.711. The van der Waals surface area contributed by atoms with E-state index in [0.717, 1.165) is 35.1 Å². The predicted octanol–water partition coefficient (Wildman–Crippen LogP) is 6.78. The first-order chi connectivity index (χ1) is 20.2. The topological polar surface area (TPSA) is 108 Å². The number of phenols is 1. The summed E-state index contributed by atoms with van der Waals surface area (Å²) in [6, 6.07) is 15.3. The molecular formula is C34H40ClN3O5. The van der Waals surface area contributed by atoms with Crippen LogP contribution >= 0.6 is 11.6 Å². The summed E-state index contributed by atoms with van der Waals surface area (Å²) in [5.41, 5.74) is 3.81. The van der Waals surface area contributed by atoms with Gasteiger partial charge in [0, 0.05) is 12.5 Å². The summed E-state index contributed by atoms with van der Waals surface area (Å²) in [5, 5.41) is 16.0. The second-order valence-corrected chi connectivity index (χ2v) is 12.6. The Hall–Kier alpha value is -4.04. The van der Waals surface area contributed by atoms with Crippen molar-refractivity contribution in [2.45, 2.75) is 84.5 Å². The highest BCUT2D eigenvalue weighted by Crippen LogP contribution is 2.38. The Morgan fingerprint density at radius 2 is 1.60 bits per heavy atom. The van der Waals surface area contributed by atoms with Gasteiger partial charge >= 0.3 is 6.09 Å². The normalized spacial score (nSPS) is 14.4. The van der Waals surface area contributed by atoms with Crippen molar-refractivity contribution in [3.63, 3.8) is 0 Å². The zero-order valence-electron chi connectivity index (χ0n) is 25.5. The smallest absolute Gasteiger partial charge is 0.408 e. The monoisotopic (exact) mass is 605 g/mol. The molecule has 4 rings (SSSR count). The predicted molar refractivity (Wildman–Crippen MR) is 168 cm³/mol. The molecule has 2 unspecified atom stereocenters. The zero-order chi connectivity index (χ0) is 31.5. The molecule has 0 saturated heterocycles. The molecule has 228 valence electrons. The number of carbonyl (C=O) groups is 3. The van der Waals surface area contributed by atoms with E-state index in [0.29, 0.717) is 16.3 Å². The van der Waals surface area contributed by atoms with Gasteiger partial charge in [0.25, 0.3) is 5.91 Å². The van der Waals surface area contributed by atoms with Gasteiger partial charge in [-0.15, -0.1) is 0 Å². The molecule has 3 aromatic rings. The Balaban J connectivity index is 1.78. The average molecular weight is 606 g/mol. The maximum atomic E-state index is 14.6. The van der Waals surface area contributed by atoms with Crippen LogP contribution < -0.4 is 10.6 Å². The van der Waals surface area contributed by atoms with Gasteiger partial charge in [0.1, 0.15) is 23.4 Å². The fourth-order valence-electron chi connectivity index (χ4n) is 5.04. The number of phenolic OH excluding ortho intramolecular Hbond substituents is 1. The van der Waals surface area contributed by atoms with E-state index in [4.69, 9.17) is 16.3 Å². The van der Waals surface area contributed by atoms with Gasteiger partial charge in [-0.05, 0) is 100 Å². The SMILES string of the molecule is Cc1cccc(C(C(=O)Nc2c(C)cccc2Cl)N(C(=O)C(Cc2ccc(O)cc2)NC(=O)OC(C)(C)C)C2CC2)c1C. The third-order valence-corrected chi connectivity index (χ3v) is 7.81. The Morgan fingerprint density at radius 3 is 2.21 bits per heavy atom. The van der Waals surface area contributed by atoms with Crippen molar-refractivity contribution < 1.29 is 24.2 Å². The first kappa shape index (κ1) is 31.9. The van der Waals surface area contributed by atoms with Crippen molar-refractivity contribution >= 4 is 35.2 Å². The minimum absolute atomic E-state index is 0.0906. The summed E-state index contributed by atoms with van der Waals surface area (Å²) < 4.78 is 5.51. The molecule has 9 heteroatoms. The van der Waals surface area contributed by atoms with Gasteiger partial charge < -0.3 is 25.4 Å². The van der Waals surface area contributed by atoms with E-state index in [1.165, 1.54) is 12.1 Å². The second-order valence-electron chi connectivity index (χ2n) is 12.2. The summed E-state index contributed by atoms with van der Waals surface area (Å²) in [7, 11) is 0. The lowest BCUT2D eigenvalue weighted by Gasteiger charge is -2.35. The van der Waals surface area contributed by atoms with E-state index in [1.807, 2.05) is 51.1 Å². The van der Waals surface area contributed by atoms with E-state index < -0.39 is 35.6 Å². The molecule has 43 heavy (non-hydrogen) atoms. The third-order valence-electron chi connectivity index (χ3n) is 7.50. The minimum Gasteiger partial charge on any atom is -0.508 e. The van der Waals surface area contributed by atoms with Gasteiger partial charge in [0.2, 0.25) is 5.91 Å². The molecular weight excluding hydrogens is 566 g/mol. The molecule has 1 aliphatic rings. The molecule has 1 saturated carbocycles. The van der Waals surface area contributed by atoms with Crippen LogP contribution in [0.25, 0.3) is 0 Å². The lowest BCUT2D eigenvalue weighted by molar-refractivity contribution is -0.141. The summed E-state index contributed by atoms with van der Waals surface area (Å²) in [6.07, 6.45) is 0.847. The van der Waals surface area contributed by atoms with E-state index in [-0.39, 0.29) is 18.2 Å². The Labute approximate surface area is 258 Å². The van der Waals surface area contributed by atoms with Gasteiger partial charge in [-0.1, -0.05) is 54.1 Å². The van der Waals surface area contributed by atoms with Gasteiger partial charge in [-0.3, -0.25) is 9.59 Å². The van der Waals surface area contributed by atoms with Crippen molar-refractivity contribution in [1.29, 1.82) is 0 Å². The van der Waals surface area contributed by atoms with Crippen LogP contribution in [-0.4, -0.2) is 45.6 Å². The molecule has 2 atom stereocenters. The van der Waals surface area contributed by atoms with Crippen molar-refractivity contribution in [3.05, 3.63) is 93.5 Å². The molecule has 3 aromatic carbocycles. The quantitative estimate of drug-likeness (QED) is 0.249. The van der Waals surface area contributed by atoms with Crippen LogP contribution in [0.2, 0.25) is 5.02 Å². The van der Waals surface area contributed by atoms with Crippen LogP contribution in [0.1, 0.15) is 67.5 Å². The van der Waals surface area contributed by atoms with E-state index in [9.17, 15) is 19.5 Å². The highest BCUT2D eigenvalue weighted by molar-refractivity contribution is 6.34. The van der Waals surface area contributed by atoms with Crippen molar-refractivity contribution in [2.24, 2.45) is 0 Å². The minimum atomic E-state index is -1.04. The first-order valence-electron chi connectivity index (χ1n) is 14.5. The Kier molecular flexibility index (Phi) is 9.70. The van der Waals surface area contributed by atoms with Crippen LogP contribution in [0.3, 0.4) is 0 Å². The maximum absolute atomic E-state index is 14.6. The molecule has 0 bridgehead atoms. The van der Waals surface area contributed by atoms with E-state index in [1.54, 1.807) is 43.9 Å². The standard InChI is InChI=1S/C34H40ClN3O5/c1-20-9-7-11-26(22(20)3)30(31(40)37-29-21(2)10-8-12-27(29)35)38(24-15-16-24)32(41)28(36-33(42)43-34(4,5)6)19-23-13-17-25(39)18-14-23/h7-14,17-18,24,28,30,39H,15-16,19H2,1-6H3,(H,36,42)(H,37,40). The van der Waals surface area contributed by atoms with Crippen molar-refractivity contribution in [3.8, 4) is 5.75 Å². The molecule has 0 spiro atoms. The highest BCUT2D eigenvalue weighted by atomic mass is 35.5. The fraction of sp³-hybridized carbons (Fsp3) is 0.382. The number of nitrogens with zero attached hydrogens (tertiary/aromatic N) is 1. The van der Waals surface area contributed by atoms with Gasteiger partial charge in [0.05, 0.1) is 10.7 Å². The number of hydrogen-bond acceptors (Lipinski definition) is 5. The number of carbonyl (C=O) groups excluding carboxylic acids is 3. The number of aromatic hydroxyl groups is 1. The number of amides is 3. The van der Waals surface area contributed by atoms with Crippen LogP contribution in [0.4, 0.5) is 10.5 Å². The molecule has 8 nitrogen and oxygen atoms in total. The number of nitrogens with one attached hydrogen (secondary N) is 2. The van der Waals surface area contributed by atoms with Gasteiger partial charge in [0.15, 0.2) is 0 Å². The lowest BCUT2D eigenvalue weighted by atomic mass is 9.94. The van der Waals surface area contributed by atoms with Gasteiger partial charge in [-0.2, -0.15) is 0 Å². The molecule has 0 heterocycles.